The van der Waals surface area contributed by atoms with E-state index in [9.17, 15) is 4.79 Å². The van der Waals surface area contributed by atoms with Crippen LogP contribution in [0.15, 0.2) is 60.9 Å². The van der Waals surface area contributed by atoms with Gasteiger partial charge in [0, 0.05) is 50.2 Å². The topological polar surface area (TPSA) is 50.6 Å². The Labute approximate surface area is 220 Å². The van der Waals surface area contributed by atoms with Crippen LogP contribution >= 0.6 is 0 Å². The predicted octanol–water partition coefficient (Wildman–Crippen LogP) is 5.48. The molecule has 0 N–H and O–H groups in total. The molecule has 3 aliphatic rings. The summed E-state index contributed by atoms with van der Waals surface area (Å²) in [7, 11) is 0. The van der Waals surface area contributed by atoms with Crippen molar-refractivity contribution < 1.29 is 9.53 Å². The van der Waals surface area contributed by atoms with Crippen LogP contribution in [0.25, 0.3) is 11.1 Å². The lowest BCUT2D eigenvalue weighted by atomic mass is 9.92. The lowest BCUT2D eigenvalue weighted by molar-refractivity contribution is -0.131. The van der Waals surface area contributed by atoms with Crippen molar-refractivity contribution in [2.75, 3.05) is 37.7 Å². The first-order chi connectivity index (χ1) is 18.2. The summed E-state index contributed by atoms with van der Waals surface area (Å²) in [6.07, 6.45) is 12.6. The maximum atomic E-state index is 12.8. The summed E-state index contributed by atoms with van der Waals surface area (Å²) < 4.78 is 7.91. The van der Waals surface area contributed by atoms with Gasteiger partial charge in [0.25, 0.3) is 0 Å². The van der Waals surface area contributed by atoms with Crippen LogP contribution in [0.4, 0.5) is 5.69 Å². The zero-order valence-electron chi connectivity index (χ0n) is 21.7. The first-order valence-corrected chi connectivity index (χ1v) is 14.1. The van der Waals surface area contributed by atoms with Crippen molar-refractivity contribution in [2.45, 2.75) is 57.6 Å². The second-order valence-electron chi connectivity index (χ2n) is 10.9. The minimum Gasteiger partial charge on any atom is -0.371 e. The van der Waals surface area contributed by atoms with E-state index in [1.54, 1.807) is 0 Å². The van der Waals surface area contributed by atoms with E-state index < -0.39 is 0 Å². The zero-order chi connectivity index (χ0) is 25.0. The standard InChI is InChI=1S/C31H38N4O2/c36-30(19-24-7-2-1-3-8-24)33-16-13-25(14-17-33)22-34-15-6-9-27-20-26(11-12-29(27)34)28-21-32-35(23-28)31-10-4-5-18-37-31/h1-3,7-8,11-12,20-21,23,25,31H,4-6,9-10,13-19,22H2. The highest BCUT2D eigenvalue weighted by atomic mass is 16.5. The number of likely N-dealkylation sites (tertiary alicyclic amines) is 1. The lowest BCUT2D eigenvalue weighted by Gasteiger charge is -2.38. The number of rotatable bonds is 6. The molecule has 0 saturated carbocycles. The number of amides is 1. The van der Waals surface area contributed by atoms with E-state index in [-0.39, 0.29) is 12.1 Å². The van der Waals surface area contributed by atoms with Gasteiger partial charge in [-0.3, -0.25) is 4.79 Å². The molecule has 1 unspecified atom stereocenters. The third-order valence-electron chi connectivity index (χ3n) is 8.32. The van der Waals surface area contributed by atoms with Crippen molar-refractivity contribution in [2.24, 2.45) is 5.92 Å². The highest BCUT2D eigenvalue weighted by Crippen LogP contribution is 2.34. The van der Waals surface area contributed by atoms with Gasteiger partial charge in [-0.15, -0.1) is 0 Å². The van der Waals surface area contributed by atoms with E-state index in [0.29, 0.717) is 12.3 Å². The number of carbonyl (C=O) groups excluding carboxylic acids is 1. The first kappa shape index (κ1) is 24.2. The number of aromatic nitrogens is 2. The van der Waals surface area contributed by atoms with Crippen LogP contribution in [0.5, 0.6) is 0 Å². The molecule has 6 heteroatoms. The summed E-state index contributed by atoms with van der Waals surface area (Å²) in [6.45, 7) is 4.80. The average molecular weight is 499 g/mol. The zero-order valence-corrected chi connectivity index (χ0v) is 21.7. The highest BCUT2D eigenvalue weighted by molar-refractivity contribution is 5.78. The van der Waals surface area contributed by atoms with Gasteiger partial charge in [0.2, 0.25) is 5.91 Å². The van der Waals surface area contributed by atoms with Crippen LogP contribution in [0.1, 0.15) is 55.9 Å². The molecule has 1 aromatic heterocycles. The quantitative estimate of drug-likeness (QED) is 0.451. The average Bonchev–Trinajstić information content (AvgIpc) is 3.45. The van der Waals surface area contributed by atoms with E-state index in [1.807, 2.05) is 41.2 Å². The van der Waals surface area contributed by atoms with Gasteiger partial charge in [-0.1, -0.05) is 36.4 Å². The summed E-state index contributed by atoms with van der Waals surface area (Å²) in [5, 5.41) is 4.62. The second-order valence-corrected chi connectivity index (χ2v) is 10.9. The Morgan fingerprint density at radius 1 is 0.946 bits per heavy atom. The third kappa shape index (κ3) is 5.59. The SMILES string of the molecule is O=C(Cc1ccccc1)N1CCC(CN2CCCc3cc(-c4cnn(C5CCCCO5)c4)ccc32)CC1. The second kappa shape index (κ2) is 11.1. The van der Waals surface area contributed by atoms with Crippen molar-refractivity contribution in [1.29, 1.82) is 0 Å². The number of hydrogen-bond donors (Lipinski definition) is 0. The molecule has 0 spiro atoms. The number of nitrogens with zero attached hydrogens (tertiary/aromatic N) is 4. The summed E-state index contributed by atoms with van der Waals surface area (Å²) in [4.78, 5) is 17.4. The number of anilines is 1. The molecule has 4 heterocycles. The maximum absolute atomic E-state index is 12.8. The molecule has 0 bridgehead atoms. The van der Waals surface area contributed by atoms with Gasteiger partial charge >= 0.3 is 0 Å². The number of aryl methyl sites for hydroxylation is 1. The van der Waals surface area contributed by atoms with Crippen LogP contribution in [-0.4, -0.2) is 53.4 Å². The third-order valence-corrected chi connectivity index (χ3v) is 8.32. The molecule has 0 aliphatic carbocycles. The van der Waals surface area contributed by atoms with Crippen molar-refractivity contribution in [3.8, 4) is 11.1 Å². The first-order valence-electron chi connectivity index (χ1n) is 14.1. The Hall–Kier alpha value is -3.12. The molecule has 1 amide bonds. The molecule has 194 valence electrons. The van der Waals surface area contributed by atoms with Gasteiger partial charge in [0.1, 0.15) is 6.23 Å². The Morgan fingerprint density at radius 2 is 1.81 bits per heavy atom. The van der Waals surface area contributed by atoms with Gasteiger partial charge in [-0.2, -0.15) is 5.10 Å². The number of ether oxygens (including phenoxy) is 1. The molecular formula is C31H38N4O2. The van der Waals surface area contributed by atoms with E-state index in [2.05, 4.69) is 39.3 Å². The minimum atomic E-state index is 0.0793. The minimum absolute atomic E-state index is 0.0793. The van der Waals surface area contributed by atoms with Gasteiger partial charge in [0.05, 0.1) is 12.6 Å². The van der Waals surface area contributed by atoms with Gasteiger partial charge in [-0.05, 0) is 79.7 Å². The van der Waals surface area contributed by atoms with E-state index in [0.717, 1.165) is 70.5 Å². The molecule has 37 heavy (non-hydrogen) atoms. The fourth-order valence-electron chi connectivity index (χ4n) is 6.18. The van der Waals surface area contributed by atoms with Gasteiger partial charge in [-0.25, -0.2) is 4.68 Å². The number of benzene rings is 2. The molecule has 0 radical (unpaired) electrons. The highest BCUT2D eigenvalue weighted by Gasteiger charge is 2.26. The van der Waals surface area contributed by atoms with Crippen LogP contribution in [0.3, 0.4) is 0 Å². The fraction of sp³-hybridized carbons (Fsp3) is 0.484. The number of piperidine rings is 1. The smallest absolute Gasteiger partial charge is 0.226 e. The van der Waals surface area contributed by atoms with E-state index in [1.165, 1.54) is 35.2 Å². The lowest BCUT2D eigenvalue weighted by Crippen LogP contribution is -2.43. The largest absolute Gasteiger partial charge is 0.371 e. The molecular weight excluding hydrogens is 460 g/mol. The molecule has 1 atom stereocenters. The molecule has 2 fully saturated rings. The summed E-state index contributed by atoms with van der Waals surface area (Å²) in [5.74, 6) is 0.902. The Balaban J connectivity index is 1.06. The van der Waals surface area contributed by atoms with E-state index in [4.69, 9.17) is 4.74 Å². The van der Waals surface area contributed by atoms with Crippen molar-refractivity contribution in [3.63, 3.8) is 0 Å². The van der Waals surface area contributed by atoms with Crippen LogP contribution < -0.4 is 4.90 Å². The Kier molecular flexibility index (Phi) is 7.27. The van der Waals surface area contributed by atoms with E-state index >= 15 is 0 Å². The Morgan fingerprint density at radius 3 is 2.62 bits per heavy atom. The van der Waals surface area contributed by atoms with Crippen molar-refractivity contribution >= 4 is 11.6 Å². The van der Waals surface area contributed by atoms with Gasteiger partial charge in [0.15, 0.2) is 0 Å². The summed E-state index contributed by atoms with van der Waals surface area (Å²) in [5.41, 5.74) is 6.35. The normalized spacial score (nSPS) is 20.6. The van der Waals surface area contributed by atoms with Crippen LogP contribution in [0, 0.1) is 5.92 Å². The Bertz CT molecular complexity index is 1190. The molecule has 3 aliphatic heterocycles. The van der Waals surface area contributed by atoms with Crippen LogP contribution in [-0.2, 0) is 22.4 Å². The van der Waals surface area contributed by atoms with Crippen molar-refractivity contribution in [1.82, 2.24) is 14.7 Å². The van der Waals surface area contributed by atoms with Crippen molar-refractivity contribution in [3.05, 3.63) is 72.1 Å². The predicted molar refractivity (Wildman–Crippen MR) is 146 cm³/mol. The number of hydrogen-bond acceptors (Lipinski definition) is 4. The van der Waals surface area contributed by atoms with Gasteiger partial charge < -0.3 is 14.5 Å². The molecule has 2 aromatic carbocycles. The molecule has 6 rings (SSSR count). The fourth-order valence-corrected chi connectivity index (χ4v) is 6.18. The van der Waals surface area contributed by atoms with Crippen LogP contribution in [0.2, 0.25) is 0 Å². The maximum Gasteiger partial charge on any atom is 0.226 e. The monoisotopic (exact) mass is 498 g/mol. The molecule has 3 aromatic rings. The summed E-state index contributed by atoms with van der Waals surface area (Å²) >= 11 is 0. The molecule has 2 saturated heterocycles. The summed E-state index contributed by atoms with van der Waals surface area (Å²) in [6, 6.07) is 17.0. The molecule has 6 nitrogen and oxygen atoms in total. The number of carbonyl (C=O) groups is 1. The number of fused-ring (bicyclic) bond motifs is 1.